The molecule has 1 atom stereocenters. The van der Waals surface area contributed by atoms with E-state index < -0.39 is 0 Å². The molecule has 0 aliphatic carbocycles. The van der Waals surface area contributed by atoms with E-state index in [-0.39, 0.29) is 6.10 Å². The maximum atomic E-state index is 9.24. The lowest BCUT2D eigenvalue weighted by Crippen LogP contribution is -2.13. The van der Waals surface area contributed by atoms with Crippen LogP contribution in [0.3, 0.4) is 0 Å². The molecule has 0 fully saturated rings. The Balaban J connectivity index is 3.23. The van der Waals surface area contributed by atoms with E-state index in [1.807, 2.05) is 13.8 Å². The van der Waals surface area contributed by atoms with Crippen LogP contribution in [0.15, 0.2) is 0 Å². The molecule has 0 heterocycles. The Labute approximate surface area is 62.5 Å². The lowest BCUT2D eigenvalue weighted by atomic mass is 10.0. The molecule has 0 saturated carbocycles. The first kappa shape index (κ1) is 9.45. The maximum Gasteiger partial charge on any atom is 0.0621 e. The molecule has 0 aromatic rings. The molecule has 0 spiro atoms. The van der Waals surface area contributed by atoms with Crippen molar-refractivity contribution in [3.8, 4) is 6.07 Å². The van der Waals surface area contributed by atoms with Gasteiger partial charge in [-0.1, -0.05) is 13.8 Å². The summed E-state index contributed by atoms with van der Waals surface area (Å²) in [7, 11) is 0. The molecular formula is C8H15NO. The largest absolute Gasteiger partial charge is 0.393 e. The molecule has 1 unspecified atom stereocenters. The minimum Gasteiger partial charge on any atom is -0.393 e. The number of aliphatic hydroxyl groups excluding tert-OH is 1. The molecule has 2 heteroatoms. The number of hydrogen-bond donors (Lipinski definition) is 1. The van der Waals surface area contributed by atoms with Gasteiger partial charge >= 0.3 is 0 Å². The van der Waals surface area contributed by atoms with Gasteiger partial charge in [0, 0.05) is 6.42 Å². The molecule has 10 heavy (non-hydrogen) atoms. The van der Waals surface area contributed by atoms with Crippen molar-refractivity contribution in [2.24, 2.45) is 5.92 Å². The zero-order valence-corrected chi connectivity index (χ0v) is 6.67. The fourth-order valence-corrected chi connectivity index (χ4v) is 0.724. The second-order valence-electron chi connectivity index (χ2n) is 2.86. The van der Waals surface area contributed by atoms with Gasteiger partial charge in [-0.2, -0.15) is 5.26 Å². The van der Waals surface area contributed by atoms with Crippen LogP contribution in [-0.4, -0.2) is 11.2 Å². The zero-order valence-electron chi connectivity index (χ0n) is 6.67. The summed E-state index contributed by atoms with van der Waals surface area (Å²) in [5, 5.41) is 17.4. The highest BCUT2D eigenvalue weighted by molar-refractivity contribution is 4.70. The Hall–Kier alpha value is -0.550. The van der Waals surface area contributed by atoms with Crippen LogP contribution in [0.25, 0.3) is 0 Å². The Morgan fingerprint density at radius 2 is 2.10 bits per heavy atom. The Morgan fingerprint density at radius 3 is 2.50 bits per heavy atom. The lowest BCUT2D eigenvalue weighted by molar-refractivity contribution is 0.114. The average molecular weight is 141 g/mol. The molecule has 0 bridgehead atoms. The number of nitriles is 1. The first-order chi connectivity index (χ1) is 4.68. The predicted molar refractivity (Wildman–Crippen MR) is 40.3 cm³/mol. The third kappa shape index (κ3) is 4.34. The van der Waals surface area contributed by atoms with Crippen molar-refractivity contribution in [2.75, 3.05) is 0 Å². The molecule has 58 valence electrons. The van der Waals surface area contributed by atoms with E-state index >= 15 is 0 Å². The van der Waals surface area contributed by atoms with Crippen LogP contribution in [-0.2, 0) is 0 Å². The fourth-order valence-electron chi connectivity index (χ4n) is 0.724. The number of nitrogens with zero attached hydrogens (tertiary/aromatic N) is 1. The van der Waals surface area contributed by atoms with Crippen molar-refractivity contribution in [2.45, 2.75) is 39.2 Å². The van der Waals surface area contributed by atoms with Gasteiger partial charge in [0.25, 0.3) is 0 Å². The maximum absolute atomic E-state index is 9.24. The third-order valence-corrected chi connectivity index (χ3v) is 1.56. The fraction of sp³-hybridized carbons (Fsp3) is 0.875. The number of rotatable bonds is 4. The molecule has 0 aliphatic rings. The highest BCUT2D eigenvalue weighted by Gasteiger charge is 2.07. The summed E-state index contributed by atoms with van der Waals surface area (Å²) in [4.78, 5) is 0. The highest BCUT2D eigenvalue weighted by atomic mass is 16.3. The molecule has 0 aliphatic heterocycles. The van der Waals surface area contributed by atoms with Crippen molar-refractivity contribution in [3.05, 3.63) is 0 Å². The lowest BCUT2D eigenvalue weighted by Gasteiger charge is -2.12. The number of aliphatic hydroxyl groups is 1. The molecule has 1 N–H and O–H groups in total. The standard InChI is InChI=1S/C8H15NO/c1-7(2)8(10)5-3-4-6-9/h7-8,10H,3-5H2,1-2H3. The summed E-state index contributed by atoms with van der Waals surface area (Å²) in [5.41, 5.74) is 0. The molecule has 2 nitrogen and oxygen atoms in total. The first-order valence-corrected chi connectivity index (χ1v) is 3.73. The van der Waals surface area contributed by atoms with Crippen molar-refractivity contribution in [3.63, 3.8) is 0 Å². The van der Waals surface area contributed by atoms with Gasteiger partial charge in [-0.25, -0.2) is 0 Å². The predicted octanol–water partition coefficient (Wildman–Crippen LogP) is 1.70. The van der Waals surface area contributed by atoms with E-state index in [0.717, 1.165) is 12.8 Å². The van der Waals surface area contributed by atoms with Gasteiger partial charge in [0.2, 0.25) is 0 Å². The van der Waals surface area contributed by atoms with Gasteiger partial charge in [-0.15, -0.1) is 0 Å². The van der Waals surface area contributed by atoms with E-state index in [1.165, 1.54) is 0 Å². The van der Waals surface area contributed by atoms with E-state index in [4.69, 9.17) is 5.26 Å². The van der Waals surface area contributed by atoms with Gasteiger partial charge in [0.15, 0.2) is 0 Å². The highest BCUT2D eigenvalue weighted by Crippen LogP contribution is 2.08. The van der Waals surface area contributed by atoms with Crippen LogP contribution in [0, 0.1) is 17.2 Å². The summed E-state index contributed by atoms with van der Waals surface area (Å²) in [5.74, 6) is 0.318. The van der Waals surface area contributed by atoms with Crippen molar-refractivity contribution >= 4 is 0 Å². The smallest absolute Gasteiger partial charge is 0.0621 e. The number of hydrogen-bond acceptors (Lipinski definition) is 2. The van der Waals surface area contributed by atoms with Crippen LogP contribution < -0.4 is 0 Å². The molecule has 0 radical (unpaired) electrons. The summed E-state index contributed by atoms with van der Waals surface area (Å²) >= 11 is 0. The van der Waals surface area contributed by atoms with Crippen molar-refractivity contribution in [1.82, 2.24) is 0 Å². The average Bonchev–Trinajstić information content (AvgIpc) is 1.88. The Bertz CT molecular complexity index is 115. The van der Waals surface area contributed by atoms with Gasteiger partial charge in [-0.3, -0.25) is 0 Å². The SMILES string of the molecule is CC(C)C(O)CCCC#N. The van der Waals surface area contributed by atoms with E-state index in [1.54, 1.807) is 0 Å². The van der Waals surface area contributed by atoms with Crippen LogP contribution >= 0.6 is 0 Å². The van der Waals surface area contributed by atoms with Crippen molar-refractivity contribution in [1.29, 1.82) is 5.26 Å². The molecule has 0 aromatic carbocycles. The van der Waals surface area contributed by atoms with Crippen LogP contribution in [0.5, 0.6) is 0 Å². The van der Waals surface area contributed by atoms with Gasteiger partial charge in [0.1, 0.15) is 0 Å². The summed E-state index contributed by atoms with van der Waals surface area (Å²) in [6, 6.07) is 2.05. The summed E-state index contributed by atoms with van der Waals surface area (Å²) in [6.45, 7) is 3.97. The van der Waals surface area contributed by atoms with Crippen LogP contribution in [0.2, 0.25) is 0 Å². The van der Waals surface area contributed by atoms with Crippen LogP contribution in [0.4, 0.5) is 0 Å². The molecular weight excluding hydrogens is 126 g/mol. The normalized spacial score (nSPS) is 13.1. The molecule has 0 aromatic heterocycles. The third-order valence-electron chi connectivity index (χ3n) is 1.56. The Kier molecular flexibility index (Phi) is 4.96. The van der Waals surface area contributed by atoms with Gasteiger partial charge in [0.05, 0.1) is 12.2 Å². The second kappa shape index (κ2) is 5.25. The minimum absolute atomic E-state index is 0.228. The quantitative estimate of drug-likeness (QED) is 0.605. The summed E-state index contributed by atoms with van der Waals surface area (Å²) < 4.78 is 0. The second-order valence-corrected chi connectivity index (χ2v) is 2.86. The van der Waals surface area contributed by atoms with Crippen LogP contribution in [0.1, 0.15) is 33.1 Å². The monoisotopic (exact) mass is 141 g/mol. The Morgan fingerprint density at radius 1 is 1.50 bits per heavy atom. The van der Waals surface area contributed by atoms with Gasteiger partial charge in [-0.05, 0) is 18.8 Å². The molecule has 0 amide bonds. The van der Waals surface area contributed by atoms with Gasteiger partial charge < -0.3 is 5.11 Å². The molecule has 0 rings (SSSR count). The zero-order chi connectivity index (χ0) is 7.98. The van der Waals surface area contributed by atoms with E-state index in [2.05, 4.69) is 6.07 Å². The topological polar surface area (TPSA) is 44.0 Å². The van der Waals surface area contributed by atoms with Crippen molar-refractivity contribution < 1.29 is 5.11 Å². The van der Waals surface area contributed by atoms with E-state index in [9.17, 15) is 5.11 Å². The summed E-state index contributed by atoms with van der Waals surface area (Å²) in [6.07, 6.45) is 1.90. The molecule has 0 saturated heterocycles. The first-order valence-electron chi connectivity index (χ1n) is 3.73. The minimum atomic E-state index is -0.228. The number of unbranched alkanes of at least 4 members (excludes halogenated alkanes) is 1. The van der Waals surface area contributed by atoms with E-state index in [0.29, 0.717) is 12.3 Å².